The monoisotopic (exact) mass is 242 g/mol. The third-order valence-electron chi connectivity index (χ3n) is 2.16. The molecule has 1 atom stereocenters. The van der Waals surface area contributed by atoms with E-state index in [1.165, 1.54) is 0 Å². The maximum absolute atomic E-state index is 11.6. The van der Waals surface area contributed by atoms with Crippen LogP contribution in [0.4, 0.5) is 0 Å². The first kappa shape index (κ1) is 13.7. The molecule has 0 saturated carbocycles. The van der Waals surface area contributed by atoms with E-state index >= 15 is 0 Å². The predicted molar refractivity (Wildman–Crippen MR) is 60.5 cm³/mol. The number of rotatable bonds is 7. The summed E-state index contributed by atoms with van der Waals surface area (Å²) in [5.74, 6) is 0.239. The third-order valence-corrected chi connectivity index (χ3v) is 2.16. The number of hydrogen-bond acceptors (Lipinski definition) is 5. The second-order valence-electron chi connectivity index (χ2n) is 3.86. The Hall–Kier alpha value is -1.40. The van der Waals surface area contributed by atoms with Crippen LogP contribution < -0.4 is 5.32 Å². The molecular weight excluding hydrogens is 224 g/mol. The van der Waals surface area contributed by atoms with Crippen molar-refractivity contribution < 1.29 is 19.2 Å². The molecule has 6 nitrogen and oxygen atoms in total. The van der Waals surface area contributed by atoms with Crippen LogP contribution >= 0.6 is 0 Å². The average Bonchev–Trinajstić information content (AvgIpc) is 2.73. The van der Waals surface area contributed by atoms with Crippen molar-refractivity contribution in [3.8, 4) is 0 Å². The molecule has 6 heteroatoms. The van der Waals surface area contributed by atoms with Crippen molar-refractivity contribution in [2.45, 2.75) is 32.5 Å². The first-order valence-corrected chi connectivity index (χ1v) is 5.54. The van der Waals surface area contributed by atoms with Gasteiger partial charge in [-0.2, -0.15) is 0 Å². The van der Waals surface area contributed by atoms with Crippen LogP contribution in [0.2, 0.25) is 0 Å². The van der Waals surface area contributed by atoms with Crippen LogP contribution in [0.1, 0.15) is 36.0 Å². The van der Waals surface area contributed by atoms with E-state index in [0.717, 1.165) is 6.42 Å². The number of aromatic nitrogens is 1. The lowest BCUT2D eigenvalue weighted by Gasteiger charge is -2.04. The topological polar surface area (TPSA) is 84.6 Å². The maximum Gasteiger partial charge on any atom is 0.273 e. The maximum atomic E-state index is 11.6. The van der Waals surface area contributed by atoms with E-state index in [4.69, 9.17) is 14.4 Å². The first-order valence-electron chi connectivity index (χ1n) is 5.54. The molecule has 0 saturated heterocycles. The van der Waals surface area contributed by atoms with E-state index in [2.05, 4.69) is 10.5 Å². The molecule has 17 heavy (non-hydrogen) atoms. The molecule has 0 aliphatic rings. The zero-order valence-electron chi connectivity index (χ0n) is 10.1. The van der Waals surface area contributed by atoms with Gasteiger partial charge in [0.2, 0.25) is 0 Å². The first-order chi connectivity index (χ1) is 8.13. The highest BCUT2D eigenvalue weighted by Gasteiger charge is 2.11. The Labute approximate surface area is 99.9 Å². The zero-order valence-corrected chi connectivity index (χ0v) is 10.1. The number of aliphatic hydroxyl groups excluding tert-OH is 1. The molecule has 0 aliphatic heterocycles. The highest BCUT2D eigenvalue weighted by atomic mass is 16.5. The number of carbonyl (C=O) groups excluding carboxylic acids is 1. The highest BCUT2D eigenvalue weighted by molar-refractivity contribution is 5.92. The molecule has 0 aliphatic carbocycles. The SMILES string of the molecule is COCc1cc(C(=O)NCCCC(C)O)no1. The molecule has 1 aromatic rings. The van der Waals surface area contributed by atoms with Crippen LogP contribution in [0.5, 0.6) is 0 Å². The van der Waals surface area contributed by atoms with E-state index in [-0.39, 0.29) is 17.7 Å². The van der Waals surface area contributed by atoms with Crippen LogP contribution in [0.25, 0.3) is 0 Å². The van der Waals surface area contributed by atoms with Gasteiger partial charge in [-0.1, -0.05) is 5.16 Å². The van der Waals surface area contributed by atoms with E-state index < -0.39 is 0 Å². The Morgan fingerprint density at radius 3 is 3.12 bits per heavy atom. The lowest BCUT2D eigenvalue weighted by Crippen LogP contribution is -2.25. The molecule has 1 unspecified atom stereocenters. The molecule has 0 spiro atoms. The summed E-state index contributed by atoms with van der Waals surface area (Å²) in [6, 6.07) is 1.55. The van der Waals surface area contributed by atoms with Gasteiger partial charge in [-0.15, -0.1) is 0 Å². The molecule has 1 heterocycles. The Kier molecular flexibility index (Phi) is 5.65. The summed E-state index contributed by atoms with van der Waals surface area (Å²) in [5.41, 5.74) is 0.245. The number of amides is 1. The van der Waals surface area contributed by atoms with Gasteiger partial charge < -0.3 is 19.7 Å². The molecule has 0 bridgehead atoms. The molecule has 1 amide bonds. The summed E-state index contributed by atoms with van der Waals surface area (Å²) >= 11 is 0. The van der Waals surface area contributed by atoms with Crippen molar-refractivity contribution in [1.82, 2.24) is 10.5 Å². The molecular formula is C11H18N2O4. The number of ether oxygens (including phenoxy) is 1. The summed E-state index contributed by atoms with van der Waals surface area (Å²) in [5, 5.41) is 15.4. The quantitative estimate of drug-likeness (QED) is 0.688. The summed E-state index contributed by atoms with van der Waals surface area (Å²) in [4.78, 5) is 11.6. The fourth-order valence-electron chi connectivity index (χ4n) is 1.32. The Morgan fingerprint density at radius 1 is 1.71 bits per heavy atom. The van der Waals surface area contributed by atoms with Gasteiger partial charge in [-0.3, -0.25) is 4.79 Å². The number of methoxy groups -OCH3 is 1. The van der Waals surface area contributed by atoms with Crippen LogP contribution in [0, 0.1) is 0 Å². The number of aliphatic hydroxyl groups is 1. The van der Waals surface area contributed by atoms with Crippen LogP contribution in [-0.2, 0) is 11.3 Å². The largest absolute Gasteiger partial charge is 0.393 e. The lowest BCUT2D eigenvalue weighted by atomic mass is 10.2. The van der Waals surface area contributed by atoms with E-state index in [0.29, 0.717) is 25.3 Å². The van der Waals surface area contributed by atoms with Crippen LogP contribution in [-0.4, -0.2) is 35.9 Å². The number of carbonyl (C=O) groups is 1. The second-order valence-corrected chi connectivity index (χ2v) is 3.86. The van der Waals surface area contributed by atoms with Gasteiger partial charge >= 0.3 is 0 Å². The normalized spacial score (nSPS) is 12.4. The van der Waals surface area contributed by atoms with Gasteiger partial charge in [0.25, 0.3) is 5.91 Å². The van der Waals surface area contributed by atoms with Gasteiger partial charge in [0, 0.05) is 19.7 Å². The predicted octanol–water partition coefficient (Wildman–Crippen LogP) is 0.712. The minimum Gasteiger partial charge on any atom is -0.393 e. The molecule has 96 valence electrons. The van der Waals surface area contributed by atoms with Gasteiger partial charge in [0.1, 0.15) is 6.61 Å². The van der Waals surface area contributed by atoms with Crippen molar-refractivity contribution >= 4 is 5.91 Å². The van der Waals surface area contributed by atoms with Crippen LogP contribution in [0.3, 0.4) is 0 Å². The molecule has 0 aromatic carbocycles. The van der Waals surface area contributed by atoms with E-state index in [1.807, 2.05) is 0 Å². The Balaban J connectivity index is 2.31. The smallest absolute Gasteiger partial charge is 0.273 e. The number of hydrogen-bond donors (Lipinski definition) is 2. The minimum absolute atomic E-state index is 0.245. The van der Waals surface area contributed by atoms with Crippen molar-refractivity contribution in [2.75, 3.05) is 13.7 Å². The van der Waals surface area contributed by atoms with E-state index in [1.54, 1.807) is 20.1 Å². The van der Waals surface area contributed by atoms with Gasteiger partial charge in [-0.05, 0) is 19.8 Å². The number of nitrogens with one attached hydrogen (secondary N) is 1. The third kappa shape index (κ3) is 4.97. The minimum atomic E-state index is -0.341. The molecule has 0 fully saturated rings. The van der Waals surface area contributed by atoms with Crippen molar-refractivity contribution in [3.63, 3.8) is 0 Å². The zero-order chi connectivity index (χ0) is 12.7. The molecule has 1 aromatic heterocycles. The summed E-state index contributed by atoms with van der Waals surface area (Å²) in [6.45, 7) is 2.52. The number of nitrogens with zero attached hydrogens (tertiary/aromatic N) is 1. The summed E-state index contributed by atoms with van der Waals surface area (Å²) < 4.78 is 9.75. The van der Waals surface area contributed by atoms with E-state index in [9.17, 15) is 4.79 Å². The Bertz CT molecular complexity index is 349. The molecule has 1 rings (SSSR count). The summed E-state index contributed by atoms with van der Waals surface area (Å²) in [6.07, 6.45) is 1.05. The second kappa shape index (κ2) is 7.03. The molecule has 0 radical (unpaired) electrons. The lowest BCUT2D eigenvalue weighted by molar-refractivity contribution is 0.0940. The highest BCUT2D eigenvalue weighted by Crippen LogP contribution is 2.04. The fraction of sp³-hybridized carbons (Fsp3) is 0.636. The average molecular weight is 242 g/mol. The van der Waals surface area contributed by atoms with Crippen molar-refractivity contribution in [3.05, 3.63) is 17.5 Å². The molecule has 2 N–H and O–H groups in total. The van der Waals surface area contributed by atoms with Gasteiger partial charge in [0.15, 0.2) is 11.5 Å². The van der Waals surface area contributed by atoms with Crippen molar-refractivity contribution in [1.29, 1.82) is 0 Å². The van der Waals surface area contributed by atoms with Crippen molar-refractivity contribution in [2.24, 2.45) is 0 Å². The summed E-state index contributed by atoms with van der Waals surface area (Å²) in [7, 11) is 1.54. The Morgan fingerprint density at radius 2 is 2.47 bits per heavy atom. The standard InChI is InChI=1S/C11H18N2O4/c1-8(14)4-3-5-12-11(15)10-6-9(7-16-2)17-13-10/h6,8,14H,3-5,7H2,1-2H3,(H,12,15). The fourth-order valence-corrected chi connectivity index (χ4v) is 1.32. The van der Waals surface area contributed by atoms with Gasteiger partial charge in [0.05, 0.1) is 6.10 Å². The van der Waals surface area contributed by atoms with Crippen LogP contribution in [0.15, 0.2) is 10.6 Å². The van der Waals surface area contributed by atoms with Gasteiger partial charge in [-0.25, -0.2) is 0 Å².